The molecule has 6 nitrogen and oxygen atoms in total. The highest BCUT2D eigenvalue weighted by atomic mass is 16.5. The van der Waals surface area contributed by atoms with Crippen LogP contribution in [0.15, 0.2) is 54.6 Å². The number of ether oxygens (including phenoxy) is 1. The van der Waals surface area contributed by atoms with Gasteiger partial charge in [-0.05, 0) is 43.5 Å². The van der Waals surface area contributed by atoms with Crippen molar-refractivity contribution >= 4 is 11.7 Å². The summed E-state index contributed by atoms with van der Waals surface area (Å²) in [5.74, 6) is 2.56. The molecular formula is C27H32N4O2. The van der Waals surface area contributed by atoms with Gasteiger partial charge in [-0.25, -0.2) is 9.97 Å². The van der Waals surface area contributed by atoms with Crippen molar-refractivity contribution in [1.29, 1.82) is 0 Å². The summed E-state index contributed by atoms with van der Waals surface area (Å²) in [6, 6.07) is 17.9. The molecule has 1 saturated heterocycles. The molecule has 1 aliphatic rings. The van der Waals surface area contributed by atoms with Crippen molar-refractivity contribution in [3.05, 3.63) is 82.8 Å². The van der Waals surface area contributed by atoms with Crippen LogP contribution in [0.4, 0.5) is 5.82 Å². The molecule has 6 heteroatoms. The third-order valence-corrected chi connectivity index (χ3v) is 6.14. The lowest BCUT2D eigenvalue weighted by atomic mass is 10.0. The molecule has 0 aliphatic carbocycles. The second-order valence-corrected chi connectivity index (χ2v) is 8.40. The Balaban J connectivity index is 1.57. The van der Waals surface area contributed by atoms with Crippen LogP contribution >= 0.6 is 0 Å². The third kappa shape index (κ3) is 5.33. The van der Waals surface area contributed by atoms with Crippen LogP contribution in [0.5, 0.6) is 5.75 Å². The van der Waals surface area contributed by atoms with Gasteiger partial charge < -0.3 is 14.5 Å². The van der Waals surface area contributed by atoms with Crippen LogP contribution < -0.4 is 9.64 Å². The summed E-state index contributed by atoms with van der Waals surface area (Å²) >= 11 is 0. The summed E-state index contributed by atoms with van der Waals surface area (Å²) in [6.45, 7) is 7.11. The summed E-state index contributed by atoms with van der Waals surface area (Å²) in [5, 5.41) is 0. The summed E-state index contributed by atoms with van der Waals surface area (Å²) in [5.41, 5.74) is 4.22. The van der Waals surface area contributed by atoms with E-state index in [9.17, 15) is 4.79 Å². The summed E-state index contributed by atoms with van der Waals surface area (Å²) in [7, 11) is 1.62. The monoisotopic (exact) mass is 444 g/mol. The zero-order valence-corrected chi connectivity index (χ0v) is 19.8. The first-order chi connectivity index (χ1) is 16.1. The molecule has 2 heterocycles. The van der Waals surface area contributed by atoms with Crippen molar-refractivity contribution in [3.63, 3.8) is 0 Å². The van der Waals surface area contributed by atoms with E-state index < -0.39 is 0 Å². The van der Waals surface area contributed by atoms with E-state index in [1.807, 2.05) is 42.2 Å². The molecule has 0 N–H and O–H groups in total. The number of hydrogen-bond donors (Lipinski definition) is 0. The van der Waals surface area contributed by atoms with E-state index in [4.69, 9.17) is 14.7 Å². The standard InChI is InChI=1S/C27H32N4O2/c1-4-25-24(18-21-10-6-5-7-11-21)26(29-20(2)28-25)30-14-9-15-31(17-16-30)27(32)22-12-8-13-23(19-22)33-3/h5-8,10-13,19H,4,9,14-18H2,1-3H3. The fourth-order valence-electron chi connectivity index (χ4n) is 4.44. The summed E-state index contributed by atoms with van der Waals surface area (Å²) in [6.07, 6.45) is 2.57. The number of amides is 1. The average molecular weight is 445 g/mol. The Hall–Kier alpha value is -3.41. The van der Waals surface area contributed by atoms with Gasteiger partial charge in [0.05, 0.1) is 7.11 Å². The number of benzene rings is 2. The van der Waals surface area contributed by atoms with Crippen molar-refractivity contribution in [2.45, 2.75) is 33.1 Å². The second-order valence-electron chi connectivity index (χ2n) is 8.40. The quantitative estimate of drug-likeness (QED) is 0.567. The van der Waals surface area contributed by atoms with Crippen molar-refractivity contribution in [3.8, 4) is 5.75 Å². The van der Waals surface area contributed by atoms with Crippen LogP contribution in [-0.4, -0.2) is 54.1 Å². The SMILES string of the molecule is CCc1nc(C)nc(N2CCCN(C(=O)c3cccc(OC)c3)CC2)c1Cc1ccccc1. The molecule has 1 fully saturated rings. The van der Waals surface area contributed by atoms with Crippen LogP contribution in [0.3, 0.4) is 0 Å². The highest BCUT2D eigenvalue weighted by molar-refractivity contribution is 5.94. The zero-order chi connectivity index (χ0) is 23.2. The van der Waals surface area contributed by atoms with Gasteiger partial charge in [0.15, 0.2) is 0 Å². The summed E-state index contributed by atoms with van der Waals surface area (Å²) < 4.78 is 5.29. The molecule has 33 heavy (non-hydrogen) atoms. The summed E-state index contributed by atoms with van der Waals surface area (Å²) in [4.78, 5) is 27.1. The first-order valence-electron chi connectivity index (χ1n) is 11.7. The molecule has 0 saturated carbocycles. The van der Waals surface area contributed by atoms with Gasteiger partial charge in [-0.2, -0.15) is 0 Å². The van der Waals surface area contributed by atoms with E-state index in [1.165, 1.54) is 11.1 Å². The first-order valence-corrected chi connectivity index (χ1v) is 11.7. The van der Waals surface area contributed by atoms with E-state index in [0.717, 1.165) is 56.2 Å². The first kappa shape index (κ1) is 22.8. The fraction of sp³-hybridized carbons (Fsp3) is 0.370. The van der Waals surface area contributed by atoms with E-state index >= 15 is 0 Å². The van der Waals surface area contributed by atoms with Gasteiger partial charge >= 0.3 is 0 Å². The van der Waals surface area contributed by atoms with Crippen molar-refractivity contribution in [2.24, 2.45) is 0 Å². The molecule has 0 radical (unpaired) electrons. The molecule has 4 rings (SSSR count). The third-order valence-electron chi connectivity index (χ3n) is 6.14. The predicted molar refractivity (Wildman–Crippen MR) is 131 cm³/mol. The maximum Gasteiger partial charge on any atom is 0.254 e. The predicted octanol–water partition coefficient (Wildman–Crippen LogP) is 4.30. The van der Waals surface area contributed by atoms with E-state index in [2.05, 4.69) is 36.1 Å². The molecule has 3 aromatic rings. The maximum atomic E-state index is 13.2. The minimum Gasteiger partial charge on any atom is -0.497 e. The van der Waals surface area contributed by atoms with E-state index in [0.29, 0.717) is 17.9 Å². The highest BCUT2D eigenvalue weighted by Crippen LogP contribution is 2.26. The van der Waals surface area contributed by atoms with Crippen molar-refractivity contribution in [1.82, 2.24) is 14.9 Å². The Bertz CT molecular complexity index is 1100. The smallest absolute Gasteiger partial charge is 0.254 e. The van der Waals surface area contributed by atoms with Gasteiger partial charge in [-0.1, -0.05) is 43.3 Å². The lowest BCUT2D eigenvalue weighted by molar-refractivity contribution is 0.0766. The van der Waals surface area contributed by atoms with E-state index in [-0.39, 0.29) is 5.91 Å². The minimum absolute atomic E-state index is 0.0494. The molecule has 1 amide bonds. The van der Waals surface area contributed by atoms with Crippen LogP contribution in [0.2, 0.25) is 0 Å². The maximum absolute atomic E-state index is 13.2. The van der Waals surface area contributed by atoms with Gasteiger partial charge in [-0.15, -0.1) is 0 Å². The van der Waals surface area contributed by atoms with Crippen LogP contribution in [-0.2, 0) is 12.8 Å². The molecule has 0 spiro atoms. The Labute approximate surface area is 196 Å². The molecule has 2 aromatic carbocycles. The number of anilines is 1. The normalized spacial score (nSPS) is 14.2. The van der Waals surface area contributed by atoms with Gasteiger partial charge in [0.2, 0.25) is 0 Å². The molecule has 1 aliphatic heterocycles. The van der Waals surface area contributed by atoms with E-state index in [1.54, 1.807) is 7.11 Å². The zero-order valence-electron chi connectivity index (χ0n) is 19.8. The van der Waals surface area contributed by atoms with Gasteiger partial charge in [0.1, 0.15) is 17.4 Å². The molecule has 0 bridgehead atoms. The van der Waals surface area contributed by atoms with Crippen molar-refractivity contribution < 1.29 is 9.53 Å². The Morgan fingerprint density at radius 3 is 2.58 bits per heavy atom. The number of carbonyl (C=O) groups is 1. The number of methoxy groups -OCH3 is 1. The van der Waals surface area contributed by atoms with Gasteiger partial charge in [0, 0.05) is 49.4 Å². The van der Waals surface area contributed by atoms with Crippen LogP contribution in [0.25, 0.3) is 0 Å². The Morgan fingerprint density at radius 2 is 1.82 bits per heavy atom. The lowest BCUT2D eigenvalue weighted by Crippen LogP contribution is -2.35. The molecule has 1 aromatic heterocycles. The van der Waals surface area contributed by atoms with Gasteiger partial charge in [0.25, 0.3) is 5.91 Å². The highest BCUT2D eigenvalue weighted by Gasteiger charge is 2.24. The van der Waals surface area contributed by atoms with Crippen LogP contribution in [0.1, 0.15) is 46.3 Å². The number of aromatic nitrogens is 2. The van der Waals surface area contributed by atoms with Crippen LogP contribution in [0, 0.1) is 6.92 Å². The number of aryl methyl sites for hydroxylation is 2. The minimum atomic E-state index is 0.0494. The van der Waals surface area contributed by atoms with Gasteiger partial charge in [-0.3, -0.25) is 4.79 Å². The number of rotatable bonds is 6. The number of carbonyl (C=O) groups excluding carboxylic acids is 1. The molecule has 0 unspecified atom stereocenters. The average Bonchev–Trinajstić information content (AvgIpc) is 3.11. The lowest BCUT2D eigenvalue weighted by Gasteiger charge is -2.26. The second kappa shape index (κ2) is 10.5. The molecular weight excluding hydrogens is 412 g/mol. The van der Waals surface area contributed by atoms with Crippen molar-refractivity contribution in [2.75, 3.05) is 38.2 Å². The Kier molecular flexibility index (Phi) is 7.23. The topological polar surface area (TPSA) is 58.6 Å². The molecule has 172 valence electrons. The Morgan fingerprint density at radius 1 is 1.00 bits per heavy atom. The fourth-order valence-corrected chi connectivity index (χ4v) is 4.44. The number of hydrogen-bond acceptors (Lipinski definition) is 5. The largest absolute Gasteiger partial charge is 0.497 e. The molecule has 0 atom stereocenters. The number of nitrogens with zero attached hydrogens (tertiary/aromatic N) is 4.